The molecule has 0 aliphatic carbocycles. The van der Waals surface area contributed by atoms with Crippen molar-refractivity contribution in [3.8, 4) is 0 Å². The molecule has 0 aliphatic rings. The van der Waals surface area contributed by atoms with Crippen molar-refractivity contribution in [2.24, 2.45) is 0 Å². The zero-order valence-corrected chi connectivity index (χ0v) is 9.15. The molecule has 0 saturated heterocycles. The number of halogens is 1. The van der Waals surface area contributed by atoms with E-state index in [1.54, 1.807) is 12.1 Å². The van der Waals surface area contributed by atoms with Crippen LogP contribution in [-0.2, 0) is 6.54 Å². The van der Waals surface area contributed by atoms with Gasteiger partial charge in [0.25, 0.3) is 0 Å². The van der Waals surface area contributed by atoms with Gasteiger partial charge in [-0.2, -0.15) is 0 Å². The second kappa shape index (κ2) is 5.11. The molecule has 0 spiro atoms. The summed E-state index contributed by atoms with van der Waals surface area (Å²) in [4.78, 5) is 0. The van der Waals surface area contributed by atoms with Gasteiger partial charge in [0.2, 0.25) is 0 Å². The summed E-state index contributed by atoms with van der Waals surface area (Å²) in [6.45, 7) is 7.90. The maximum Gasteiger partial charge on any atom is 0.123 e. The van der Waals surface area contributed by atoms with E-state index in [0.717, 1.165) is 30.6 Å². The Morgan fingerprint density at radius 2 is 1.79 bits per heavy atom. The fourth-order valence-electron chi connectivity index (χ4n) is 1.61. The van der Waals surface area contributed by atoms with Crippen LogP contribution in [0.15, 0.2) is 12.1 Å². The molecule has 1 nitrogen and oxygen atoms in total. The Balaban J connectivity index is 2.75. The minimum absolute atomic E-state index is 0.140. The third-order valence-electron chi connectivity index (χ3n) is 2.39. The van der Waals surface area contributed by atoms with Crippen LogP contribution in [0.3, 0.4) is 0 Å². The molecule has 1 aromatic carbocycles. The summed E-state index contributed by atoms with van der Waals surface area (Å²) in [6.07, 6.45) is 1.12. The van der Waals surface area contributed by atoms with Crippen LogP contribution in [0.1, 0.15) is 30.0 Å². The van der Waals surface area contributed by atoms with Gasteiger partial charge in [-0.1, -0.05) is 6.92 Å². The Kier molecular flexibility index (Phi) is 4.08. The minimum atomic E-state index is -0.140. The zero-order valence-electron chi connectivity index (χ0n) is 9.15. The molecule has 0 saturated carbocycles. The first kappa shape index (κ1) is 11.2. The predicted molar refractivity (Wildman–Crippen MR) is 57.9 cm³/mol. The average molecular weight is 195 g/mol. The summed E-state index contributed by atoms with van der Waals surface area (Å²) in [5.41, 5.74) is 3.29. The summed E-state index contributed by atoms with van der Waals surface area (Å²) >= 11 is 0. The quantitative estimate of drug-likeness (QED) is 0.728. The third kappa shape index (κ3) is 2.81. The molecule has 0 unspecified atom stereocenters. The van der Waals surface area contributed by atoms with E-state index < -0.39 is 0 Å². The van der Waals surface area contributed by atoms with Crippen molar-refractivity contribution in [1.82, 2.24) is 5.32 Å². The van der Waals surface area contributed by atoms with Gasteiger partial charge in [0.1, 0.15) is 5.82 Å². The van der Waals surface area contributed by atoms with Crippen molar-refractivity contribution in [3.63, 3.8) is 0 Å². The number of rotatable bonds is 4. The second-order valence-corrected chi connectivity index (χ2v) is 3.69. The molecule has 0 heterocycles. The smallest absolute Gasteiger partial charge is 0.123 e. The number of benzene rings is 1. The number of hydrogen-bond donors (Lipinski definition) is 1. The second-order valence-electron chi connectivity index (χ2n) is 3.69. The van der Waals surface area contributed by atoms with E-state index >= 15 is 0 Å². The van der Waals surface area contributed by atoms with Crippen LogP contribution in [0.4, 0.5) is 4.39 Å². The molecule has 0 aromatic heterocycles. The van der Waals surface area contributed by atoms with Crippen LogP contribution < -0.4 is 5.32 Å². The van der Waals surface area contributed by atoms with Crippen molar-refractivity contribution in [3.05, 3.63) is 34.6 Å². The largest absolute Gasteiger partial charge is 0.313 e. The monoisotopic (exact) mass is 195 g/mol. The van der Waals surface area contributed by atoms with E-state index in [9.17, 15) is 4.39 Å². The van der Waals surface area contributed by atoms with Crippen molar-refractivity contribution < 1.29 is 4.39 Å². The highest BCUT2D eigenvalue weighted by molar-refractivity contribution is 5.34. The van der Waals surface area contributed by atoms with E-state index in [2.05, 4.69) is 12.2 Å². The molecule has 78 valence electrons. The lowest BCUT2D eigenvalue weighted by Gasteiger charge is -2.10. The summed E-state index contributed by atoms with van der Waals surface area (Å²) in [6, 6.07) is 3.19. The van der Waals surface area contributed by atoms with Crippen LogP contribution in [0.2, 0.25) is 0 Å². The normalized spacial score (nSPS) is 10.6. The van der Waals surface area contributed by atoms with E-state index in [1.165, 1.54) is 5.56 Å². The molecule has 1 aromatic rings. The lowest BCUT2D eigenvalue weighted by molar-refractivity contribution is 0.620. The summed E-state index contributed by atoms with van der Waals surface area (Å²) in [5, 5.41) is 3.33. The van der Waals surface area contributed by atoms with E-state index in [1.807, 2.05) is 13.8 Å². The first-order chi connectivity index (χ1) is 6.65. The van der Waals surface area contributed by atoms with Gasteiger partial charge >= 0.3 is 0 Å². The molecule has 0 radical (unpaired) electrons. The first-order valence-electron chi connectivity index (χ1n) is 5.11. The fraction of sp³-hybridized carbons (Fsp3) is 0.500. The Morgan fingerprint density at radius 3 is 2.29 bits per heavy atom. The molecule has 0 aliphatic heterocycles. The Bertz CT molecular complexity index is 284. The van der Waals surface area contributed by atoms with Crippen molar-refractivity contribution >= 4 is 0 Å². The van der Waals surface area contributed by atoms with Crippen LogP contribution in [0.25, 0.3) is 0 Å². The highest BCUT2D eigenvalue weighted by Gasteiger charge is 2.03. The number of hydrogen-bond acceptors (Lipinski definition) is 1. The van der Waals surface area contributed by atoms with Crippen molar-refractivity contribution in [2.75, 3.05) is 6.54 Å². The molecule has 0 fully saturated rings. The highest BCUT2D eigenvalue weighted by Crippen LogP contribution is 2.15. The van der Waals surface area contributed by atoms with Crippen LogP contribution >= 0.6 is 0 Å². The number of aryl methyl sites for hydroxylation is 2. The Morgan fingerprint density at radius 1 is 1.21 bits per heavy atom. The van der Waals surface area contributed by atoms with Crippen LogP contribution in [0, 0.1) is 19.7 Å². The van der Waals surface area contributed by atoms with Crippen molar-refractivity contribution in [1.29, 1.82) is 0 Å². The standard InChI is InChI=1S/C12H18FN/c1-4-5-14-8-12-9(2)6-11(13)7-10(12)3/h6-7,14H,4-5,8H2,1-3H3. The molecule has 0 bridgehead atoms. The van der Waals surface area contributed by atoms with Crippen molar-refractivity contribution in [2.45, 2.75) is 33.7 Å². The summed E-state index contributed by atoms with van der Waals surface area (Å²) in [5.74, 6) is -0.140. The first-order valence-corrected chi connectivity index (χ1v) is 5.11. The fourth-order valence-corrected chi connectivity index (χ4v) is 1.61. The van der Waals surface area contributed by atoms with Crippen LogP contribution in [-0.4, -0.2) is 6.54 Å². The van der Waals surface area contributed by atoms with Crippen LogP contribution in [0.5, 0.6) is 0 Å². The van der Waals surface area contributed by atoms with Gasteiger partial charge in [-0.05, 0) is 55.6 Å². The lowest BCUT2D eigenvalue weighted by atomic mass is 10.0. The lowest BCUT2D eigenvalue weighted by Crippen LogP contribution is -2.15. The van der Waals surface area contributed by atoms with Gasteiger partial charge in [-0.25, -0.2) is 4.39 Å². The van der Waals surface area contributed by atoms with Gasteiger partial charge in [0.05, 0.1) is 0 Å². The molecule has 2 heteroatoms. The molecule has 1 rings (SSSR count). The maximum atomic E-state index is 13.0. The summed E-state index contributed by atoms with van der Waals surface area (Å²) < 4.78 is 13.0. The van der Waals surface area contributed by atoms with Gasteiger partial charge in [-0.3, -0.25) is 0 Å². The maximum absolute atomic E-state index is 13.0. The molecule has 0 amide bonds. The van der Waals surface area contributed by atoms with E-state index in [0.29, 0.717) is 0 Å². The zero-order chi connectivity index (χ0) is 10.6. The average Bonchev–Trinajstić information content (AvgIpc) is 2.09. The Labute approximate surface area is 85.3 Å². The number of nitrogens with one attached hydrogen (secondary N) is 1. The van der Waals surface area contributed by atoms with Gasteiger partial charge in [0, 0.05) is 6.54 Å². The van der Waals surface area contributed by atoms with Gasteiger partial charge in [0.15, 0.2) is 0 Å². The Hall–Kier alpha value is -0.890. The molecular formula is C12H18FN. The molecular weight excluding hydrogens is 177 g/mol. The van der Waals surface area contributed by atoms with E-state index in [4.69, 9.17) is 0 Å². The topological polar surface area (TPSA) is 12.0 Å². The predicted octanol–water partition coefficient (Wildman–Crippen LogP) is 2.94. The van der Waals surface area contributed by atoms with E-state index in [-0.39, 0.29) is 5.82 Å². The SMILES string of the molecule is CCCNCc1c(C)cc(F)cc1C. The third-order valence-corrected chi connectivity index (χ3v) is 2.39. The molecule has 0 atom stereocenters. The molecule has 1 N–H and O–H groups in total. The summed E-state index contributed by atoms with van der Waals surface area (Å²) in [7, 11) is 0. The highest BCUT2D eigenvalue weighted by atomic mass is 19.1. The van der Waals surface area contributed by atoms with Gasteiger partial charge in [-0.15, -0.1) is 0 Å². The van der Waals surface area contributed by atoms with Gasteiger partial charge < -0.3 is 5.32 Å². The molecule has 14 heavy (non-hydrogen) atoms. The minimum Gasteiger partial charge on any atom is -0.313 e.